The molecule has 2 aromatic heterocycles. The quantitative estimate of drug-likeness (QED) is 0.532. The number of rotatable bonds is 5. The summed E-state index contributed by atoms with van der Waals surface area (Å²) in [6.07, 6.45) is 6.70. The molecule has 0 atom stereocenters. The molecule has 0 fully saturated rings. The minimum absolute atomic E-state index is 0.708. The first kappa shape index (κ1) is 16.7. The molecule has 0 saturated carbocycles. The zero-order chi connectivity index (χ0) is 18.8. The van der Waals surface area contributed by atoms with E-state index in [4.69, 9.17) is 4.74 Å². The molecular formula is C23H22N4O. The first-order valence-corrected chi connectivity index (χ1v) is 9.61. The van der Waals surface area contributed by atoms with Crippen molar-refractivity contribution in [3.05, 3.63) is 78.8 Å². The largest absolute Gasteiger partial charge is 0.489 e. The summed E-state index contributed by atoms with van der Waals surface area (Å²) in [5.74, 6) is 0.934. The average Bonchev–Trinajstić information content (AvgIpc) is 3.16. The molecule has 0 radical (unpaired) electrons. The molecule has 3 heterocycles. The Labute approximate surface area is 164 Å². The van der Waals surface area contributed by atoms with Crippen LogP contribution in [-0.2, 0) is 6.42 Å². The number of benzene rings is 2. The van der Waals surface area contributed by atoms with Crippen molar-refractivity contribution in [1.29, 1.82) is 0 Å². The summed E-state index contributed by atoms with van der Waals surface area (Å²) in [6.45, 7) is 2.58. The number of nitrogens with one attached hydrogen (secondary N) is 2. The third-order valence-corrected chi connectivity index (χ3v) is 5.21. The molecule has 2 N–H and O–H groups in total. The van der Waals surface area contributed by atoms with E-state index in [1.807, 2.05) is 12.1 Å². The fourth-order valence-corrected chi connectivity index (χ4v) is 3.78. The number of nitrogens with zero attached hydrogens (tertiary/aromatic N) is 2. The van der Waals surface area contributed by atoms with Gasteiger partial charge in [0, 0.05) is 53.5 Å². The molecule has 2 aromatic carbocycles. The molecule has 5 heteroatoms. The van der Waals surface area contributed by atoms with Gasteiger partial charge in [0.15, 0.2) is 0 Å². The molecule has 0 aliphatic carbocycles. The third kappa shape index (κ3) is 3.27. The van der Waals surface area contributed by atoms with Crippen molar-refractivity contribution in [2.45, 2.75) is 6.42 Å². The molecule has 5 nitrogen and oxygen atoms in total. The van der Waals surface area contributed by atoms with Gasteiger partial charge >= 0.3 is 0 Å². The number of hydrogen-bond acceptors (Lipinski definition) is 4. The number of aromatic nitrogens is 2. The smallest absolute Gasteiger partial charge is 0.144 e. The summed E-state index contributed by atoms with van der Waals surface area (Å²) >= 11 is 0. The lowest BCUT2D eigenvalue weighted by Gasteiger charge is -2.31. The maximum Gasteiger partial charge on any atom is 0.144 e. The lowest BCUT2D eigenvalue weighted by Crippen LogP contribution is -2.34. The highest BCUT2D eigenvalue weighted by molar-refractivity contribution is 5.83. The molecule has 0 unspecified atom stereocenters. The number of hydrogen-bond donors (Lipinski definition) is 2. The van der Waals surface area contributed by atoms with Crippen molar-refractivity contribution in [1.82, 2.24) is 9.97 Å². The van der Waals surface area contributed by atoms with Gasteiger partial charge in [-0.1, -0.05) is 18.2 Å². The molecule has 0 bridgehead atoms. The topological polar surface area (TPSA) is 53.2 Å². The first-order chi connectivity index (χ1) is 13.9. The number of fused-ring (bicyclic) bond motifs is 2. The van der Waals surface area contributed by atoms with Gasteiger partial charge in [0.1, 0.15) is 12.4 Å². The third-order valence-electron chi connectivity index (χ3n) is 5.21. The van der Waals surface area contributed by atoms with E-state index in [0.717, 1.165) is 42.3 Å². The standard InChI is InChI=1S/C23H22N4O/c1-2-4-21-20(3-1)17(16-25-21)9-12-27-13-14-28-23-15-19(5-6-22(23)27)26-18-7-10-24-11-8-18/h1-8,10-11,15-16,25H,9,12-14H2,(H,24,26). The molecular weight excluding hydrogens is 348 g/mol. The van der Waals surface area contributed by atoms with E-state index in [9.17, 15) is 0 Å². The Bertz CT molecular complexity index is 1090. The predicted molar refractivity (Wildman–Crippen MR) is 114 cm³/mol. The van der Waals surface area contributed by atoms with Gasteiger partial charge in [-0.25, -0.2) is 0 Å². The lowest BCUT2D eigenvalue weighted by molar-refractivity contribution is 0.308. The molecule has 4 aromatic rings. The van der Waals surface area contributed by atoms with Gasteiger partial charge in [-0.3, -0.25) is 4.98 Å². The molecule has 5 rings (SSSR count). The van der Waals surface area contributed by atoms with Crippen LogP contribution < -0.4 is 15.0 Å². The molecule has 0 amide bonds. The van der Waals surface area contributed by atoms with Crippen molar-refractivity contribution < 1.29 is 4.74 Å². The van der Waals surface area contributed by atoms with Gasteiger partial charge < -0.3 is 19.9 Å². The van der Waals surface area contributed by atoms with Crippen molar-refractivity contribution >= 4 is 28.0 Å². The van der Waals surface area contributed by atoms with Crippen LogP contribution in [0, 0.1) is 0 Å². The van der Waals surface area contributed by atoms with Crippen molar-refractivity contribution in [3.8, 4) is 5.75 Å². The minimum atomic E-state index is 0.708. The van der Waals surface area contributed by atoms with E-state index in [1.54, 1.807) is 12.4 Å². The Morgan fingerprint density at radius 3 is 2.86 bits per heavy atom. The molecule has 0 saturated heterocycles. The van der Waals surface area contributed by atoms with Crippen LogP contribution >= 0.6 is 0 Å². The van der Waals surface area contributed by atoms with Crippen LogP contribution in [0.1, 0.15) is 5.56 Å². The van der Waals surface area contributed by atoms with E-state index in [1.165, 1.54) is 16.5 Å². The van der Waals surface area contributed by atoms with Crippen molar-refractivity contribution in [2.75, 3.05) is 29.9 Å². The van der Waals surface area contributed by atoms with Crippen LogP contribution in [0.4, 0.5) is 17.1 Å². The predicted octanol–water partition coefficient (Wildman–Crippen LogP) is 4.75. The second-order valence-corrected chi connectivity index (χ2v) is 6.99. The Morgan fingerprint density at radius 2 is 1.93 bits per heavy atom. The number of H-pyrrole nitrogens is 1. The van der Waals surface area contributed by atoms with Gasteiger partial charge in [-0.15, -0.1) is 0 Å². The Morgan fingerprint density at radius 1 is 1.04 bits per heavy atom. The highest BCUT2D eigenvalue weighted by atomic mass is 16.5. The summed E-state index contributed by atoms with van der Waals surface area (Å²) in [5.41, 5.74) is 5.75. The first-order valence-electron chi connectivity index (χ1n) is 9.61. The Balaban J connectivity index is 1.33. The SMILES string of the molecule is c1ccc2c(CCN3CCOc4cc(Nc5ccncc5)ccc43)c[nH]c2c1. The van der Waals surface area contributed by atoms with Crippen LogP contribution in [0.25, 0.3) is 10.9 Å². The molecule has 1 aliphatic heterocycles. The van der Waals surface area contributed by atoms with Crippen molar-refractivity contribution in [3.63, 3.8) is 0 Å². The Kier molecular flexibility index (Phi) is 4.33. The summed E-state index contributed by atoms with van der Waals surface area (Å²) in [7, 11) is 0. The van der Waals surface area contributed by atoms with Crippen LogP contribution in [0.5, 0.6) is 5.75 Å². The molecule has 1 aliphatic rings. The van der Waals surface area contributed by atoms with Crippen LogP contribution in [-0.4, -0.2) is 29.7 Å². The van der Waals surface area contributed by atoms with Crippen molar-refractivity contribution in [2.24, 2.45) is 0 Å². The van der Waals surface area contributed by atoms with Gasteiger partial charge in [0.2, 0.25) is 0 Å². The van der Waals surface area contributed by atoms with Gasteiger partial charge in [0.25, 0.3) is 0 Å². The van der Waals surface area contributed by atoms with Crippen LogP contribution in [0.3, 0.4) is 0 Å². The minimum Gasteiger partial charge on any atom is -0.489 e. The van der Waals surface area contributed by atoms with Crippen LogP contribution in [0.2, 0.25) is 0 Å². The number of pyridine rings is 1. The van der Waals surface area contributed by atoms with E-state index >= 15 is 0 Å². The fraction of sp³-hybridized carbons (Fsp3) is 0.174. The molecule has 28 heavy (non-hydrogen) atoms. The summed E-state index contributed by atoms with van der Waals surface area (Å²) in [5, 5.41) is 4.71. The normalized spacial score (nSPS) is 13.2. The van der Waals surface area contributed by atoms with Gasteiger partial charge in [-0.2, -0.15) is 0 Å². The second kappa shape index (κ2) is 7.27. The average molecular weight is 370 g/mol. The molecule has 140 valence electrons. The number of aromatic amines is 1. The lowest BCUT2D eigenvalue weighted by atomic mass is 10.1. The second-order valence-electron chi connectivity index (χ2n) is 6.99. The summed E-state index contributed by atoms with van der Waals surface area (Å²) in [6, 6.07) is 18.7. The van der Waals surface area contributed by atoms with Gasteiger partial charge in [0.05, 0.1) is 12.2 Å². The fourth-order valence-electron chi connectivity index (χ4n) is 3.78. The number of para-hydroxylation sites is 1. The Hall–Kier alpha value is -3.47. The van der Waals surface area contributed by atoms with Crippen LogP contribution in [0.15, 0.2) is 73.2 Å². The monoisotopic (exact) mass is 370 g/mol. The van der Waals surface area contributed by atoms with E-state index in [-0.39, 0.29) is 0 Å². The van der Waals surface area contributed by atoms with E-state index in [2.05, 4.69) is 68.8 Å². The zero-order valence-electron chi connectivity index (χ0n) is 15.6. The number of anilines is 3. The maximum absolute atomic E-state index is 5.94. The highest BCUT2D eigenvalue weighted by Crippen LogP contribution is 2.35. The zero-order valence-corrected chi connectivity index (χ0v) is 15.6. The highest BCUT2D eigenvalue weighted by Gasteiger charge is 2.18. The van der Waals surface area contributed by atoms with Gasteiger partial charge in [-0.05, 0) is 42.3 Å². The molecule has 0 spiro atoms. The van der Waals surface area contributed by atoms with E-state index in [0.29, 0.717) is 6.61 Å². The summed E-state index contributed by atoms with van der Waals surface area (Å²) in [4.78, 5) is 9.84. The maximum atomic E-state index is 5.94. The van der Waals surface area contributed by atoms with E-state index < -0.39 is 0 Å². The summed E-state index contributed by atoms with van der Waals surface area (Å²) < 4.78 is 5.94. The number of ether oxygens (including phenoxy) is 1.